The summed E-state index contributed by atoms with van der Waals surface area (Å²) in [7, 11) is -3.44. The summed E-state index contributed by atoms with van der Waals surface area (Å²) in [4.78, 5) is 13.0. The van der Waals surface area contributed by atoms with Gasteiger partial charge in [-0.15, -0.1) is 11.3 Å². The first-order valence-electron chi connectivity index (χ1n) is 8.54. The van der Waals surface area contributed by atoms with Crippen molar-refractivity contribution < 1.29 is 18.3 Å². The van der Waals surface area contributed by atoms with Crippen LogP contribution in [0.1, 0.15) is 40.1 Å². The molecular weight excluding hydrogens is 372 g/mol. The smallest absolute Gasteiger partial charge is 0.255 e. The number of hydrogen-bond acceptors (Lipinski definition) is 5. The number of thiophene rings is 1. The molecule has 1 saturated heterocycles. The summed E-state index contributed by atoms with van der Waals surface area (Å²) in [5.41, 5.74) is 1.07. The Balaban J connectivity index is 1.66. The number of carbonyl (C=O) groups excluding carboxylic acids is 1. The highest BCUT2D eigenvalue weighted by Gasteiger charge is 2.27. The number of phenols is 1. The van der Waals surface area contributed by atoms with E-state index in [9.17, 15) is 18.3 Å². The average molecular weight is 395 g/mol. The van der Waals surface area contributed by atoms with Gasteiger partial charge in [0.1, 0.15) is 9.96 Å². The molecule has 8 heteroatoms. The highest BCUT2D eigenvalue weighted by molar-refractivity contribution is 7.91. The second kappa shape index (κ2) is 7.77. The highest BCUT2D eigenvalue weighted by atomic mass is 32.2. The molecule has 3 rings (SSSR count). The molecule has 1 aliphatic rings. The van der Waals surface area contributed by atoms with E-state index in [1.54, 1.807) is 24.3 Å². The molecule has 1 fully saturated rings. The van der Waals surface area contributed by atoms with Crippen LogP contribution in [0.4, 0.5) is 0 Å². The van der Waals surface area contributed by atoms with Crippen molar-refractivity contribution in [1.29, 1.82) is 0 Å². The molecule has 0 bridgehead atoms. The number of nitrogens with zero attached hydrogens (tertiary/aromatic N) is 1. The van der Waals surface area contributed by atoms with Crippen LogP contribution in [0.25, 0.3) is 0 Å². The van der Waals surface area contributed by atoms with Gasteiger partial charge in [-0.25, -0.2) is 8.42 Å². The summed E-state index contributed by atoms with van der Waals surface area (Å²) in [5, 5.41) is 12.6. The molecule has 0 aliphatic carbocycles. The van der Waals surface area contributed by atoms with Gasteiger partial charge in [0.05, 0.1) is 12.1 Å². The molecule has 2 N–H and O–H groups in total. The van der Waals surface area contributed by atoms with Crippen LogP contribution in [0.15, 0.2) is 34.5 Å². The molecule has 0 atom stereocenters. The largest absolute Gasteiger partial charge is 0.507 e. The van der Waals surface area contributed by atoms with E-state index in [4.69, 9.17) is 0 Å². The molecule has 26 heavy (non-hydrogen) atoms. The zero-order chi connectivity index (χ0) is 18.7. The molecule has 1 amide bonds. The Hall–Kier alpha value is -1.90. The Labute approximate surface area is 157 Å². The van der Waals surface area contributed by atoms with Crippen molar-refractivity contribution in [2.45, 2.75) is 36.9 Å². The number of aryl methyl sites for hydroxylation is 1. The molecule has 1 aromatic heterocycles. The number of benzene rings is 1. The Kier molecular flexibility index (Phi) is 5.64. The first kappa shape index (κ1) is 18.9. The van der Waals surface area contributed by atoms with E-state index < -0.39 is 15.9 Å². The number of carbonyl (C=O) groups is 1. The predicted octanol–water partition coefficient (Wildman–Crippen LogP) is 2.87. The van der Waals surface area contributed by atoms with E-state index in [0.29, 0.717) is 17.3 Å². The Bertz CT molecular complexity index is 900. The second-order valence-corrected chi connectivity index (χ2v) is 9.72. The molecule has 1 aromatic carbocycles. The minimum absolute atomic E-state index is 0.0676. The van der Waals surface area contributed by atoms with Crippen LogP contribution >= 0.6 is 11.3 Å². The van der Waals surface area contributed by atoms with E-state index in [2.05, 4.69) is 5.32 Å². The summed E-state index contributed by atoms with van der Waals surface area (Å²) in [6, 6.07) is 8.17. The van der Waals surface area contributed by atoms with Crippen molar-refractivity contribution in [3.05, 3.63) is 46.3 Å². The van der Waals surface area contributed by atoms with Gasteiger partial charge in [0.25, 0.3) is 15.9 Å². The second-order valence-electron chi connectivity index (χ2n) is 6.39. The monoisotopic (exact) mass is 394 g/mol. The highest BCUT2D eigenvalue weighted by Crippen LogP contribution is 2.27. The minimum atomic E-state index is -3.44. The van der Waals surface area contributed by atoms with Crippen molar-refractivity contribution in [3.63, 3.8) is 0 Å². The van der Waals surface area contributed by atoms with Crippen LogP contribution in [0.3, 0.4) is 0 Å². The lowest BCUT2D eigenvalue weighted by atomic mass is 10.1. The first-order valence-corrected chi connectivity index (χ1v) is 10.8. The third-order valence-electron chi connectivity index (χ3n) is 4.37. The van der Waals surface area contributed by atoms with Crippen LogP contribution in [-0.4, -0.2) is 36.8 Å². The van der Waals surface area contributed by atoms with E-state index in [0.717, 1.165) is 29.7 Å². The summed E-state index contributed by atoms with van der Waals surface area (Å²) in [6.07, 6.45) is 2.86. The third kappa shape index (κ3) is 4.08. The molecule has 140 valence electrons. The standard InChI is InChI=1S/C18H22N2O4S2/c1-13-5-7-15(16(21)11-13)18(22)19-12-14-6-8-17(25-14)26(23,24)20-9-3-2-4-10-20/h5-8,11,21H,2-4,9-10,12H2,1H3,(H,19,22). The quantitative estimate of drug-likeness (QED) is 0.816. The Morgan fingerprint density at radius 3 is 2.62 bits per heavy atom. The van der Waals surface area contributed by atoms with Crippen molar-refractivity contribution in [1.82, 2.24) is 9.62 Å². The zero-order valence-corrected chi connectivity index (χ0v) is 16.2. The molecule has 2 heterocycles. The van der Waals surface area contributed by atoms with Crippen LogP contribution in [0, 0.1) is 6.92 Å². The number of sulfonamides is 1. The van der Waals surface area contributed by atoms with Gasteiger partial charge >= 0.3 is 0 Å². The fourth-order valence-electron chi connectivity index (χ4n) is 2.92. The Morgan fingerprint density at radius 1 is 1.19 bits per heavy atom. The summed E-state index contributed by atoms with van der Waals surface area (Å²) in [6.45, 7) is 3.18. The molecule has 0 spiro atoms. The number of hydrogen-bond donors (Lipinski definition) is 2. The molecular formula is C18H22N2O4S2. The van der Waals surface area contributed by atoms with Gasteiger partial charge in [-0.1, -0.05) is 12.5 Å². The average Bonchev–Trinajstić information content (AvgIpc) is 3.10. The number of aromatic hydroxyl groups is 1. The van der Waals surface area contributed by atoms with Crippen molar-refractivity contribution >= 4 is 27.3 Å². The molecule has 1 aliphatic heterocycles. The molecule has 0 saturated carbocycles. The molecule has 0 unspecified atom stereocenters. The number of phenolic OH excluding ortho intramolecular Hbond substituents is 1. The third-order valence-corrected chi connectivity index (χ3v) is 7.82. The van der Waals surface area contributed by atoms with Crippen molar-refractivity contribution in [2.75, 3.05) is 13.1 Å². The number of amides is 1. The Morgan fingerprint density at radius 2 is 1.92 bits per heavy atom. The normalized spacial score (nSPS) is 15.7. The maximum absolute atomic E-state index is 12.7. The predicted molar refractivity (Wildman–Crippen MR) is 101 cm³/mol. The van der Waals surface area contributed by atoms with E-state index in [1.165, 1.54) is 21.7 Å². The van der Waals surface area contributed by atoms with Crippen LogP contribution in [-0.2, 0) is 16.6 Å². The molecule has 6 nitrogen and oxygen atoms in total. The topological polar surface area (TPSA) is 86.7 Å². The first-order chi connectivity index (χ1) is 12.4. The van der Waals surface area contributed by atoms with Crippen LogP contribution < -0.4 is 5.32 Å². The molecule has 2 aromatic rings. The van der Waals surface area contributed by atoms with Gasteiger partial charge in [0, 0.05) is 18.0 Å². The number of piperidine rings is 1. The van der Waals surface area contributed by atoms with E-state index in [1.807, 2.05) is 6.92 Å². The lowest BCUT2D eigenvalue weighted by Crippen LogP contribution is -2.35. The van der Waals surface area contributed by atoms with Gasteiger partial charge in [0.15, 0.2) is 0 Å². The van der Waals surface area contributed by atoms with Gasteiger partial charge in [-0.2, -0.15) is 4.31 Å². The fourth-order valence-corrected chi connectivity index (χ4v) is 5.89. The maximum atomic E-state index is 12.7. The molecule has 0 radical (unpaired) electrons. The zero-order valence-electron chi connectivity index (χ0n) is 14.6. The van der Waals surface area contributed by atoms with Crippen LogP contribution in [0.5, 0.6) is 5.75 Å². The fraction of sp³-hybridized carbons (Fsp3) is 0.389. The van der Waals surface area contributed by atoms with Gasteiger partial charge in [-0.3, -0.25) is 4.79 Å². The van der Waals surface area contributed by atoms with Crippen molar-refractivity contribution in [2.24, 2.45) is 0 Å². The number of rotatable bonds is 5. The summed E-state index contributed by atoms with van der Waals surface area (Å²) in [5.74, 6) is -0.460. The van der Waals surface area contributed by atoms with Gasteiger partial charge < -0.3 is 10.4 Å². The number of nitrogens with one attached hydrogen (secondary N) is 1. The SMILES string of the molecule is Cc1ccc(C(=O)NCc2ccc(S(=O)(=O)N3CCCCC3)s2)c(O)c1. The van der Waals surface area contributed by atoms with Gasteiger partial charge in [0.2, 0.25) is 0 Å². The lowest BCUT2D eigenvalue weighted by molar-refractivity contribution is 0.0948. The maximum Gasteiger partial charge on any atom is 0.255 e. The lowest BCUT2D eigenvalue weighted by Gasteiger charge is -2.25. The van der Waals surface area contributed by atoms with Crippen LogP contribution in [0.2, 0.25) is 0 Å². The van der Waals surface area contributed by atoms with Crippen molar-refractivity contribution in [3.8, 4) is 5.75 Å². The van der Waals surface area contributed by atoms with Gasteiger partial charge in [-0.05, 0) is 49.6 Å². The van der Waals surface area contributed by atoms with E-state index >= 15 is 0 Å². The summed E-state index contributed by atoms with van der Waals surface area (Å²) >= 11 is 1.17. The van der Waals surface area contributed by atoms with E-state index in [-0.39, 0.29) is 17.9 Å². The summed E-state index contributed by atoms with van der Waals surface area (Å²) < 4.78 is 27.1. The minimum Gasteiger partial charge on any atom is -0.507 e.